The average molecular weight is 272 g/mol. The molecule has 1 aromatic heterocycles. The van der Waals surface area contributed by atoms with Gasteiger partial charge in [-0.2, -0.15) is 0 Å². The van der Waals surface area contributed by atoms with Crippen molar-refractivity contribution in [1.29, 1.82) is 0 Å². The molecule has 0 bridgehead atoms. The molecule has 1 unspecified atom stereocenters. The first-order valence-electron chi connectivity index (χ1n) is 6.73. The van der Waals surface area contributed by atoms with Gasteiger partial charge in [0, 0.05) is 18.2 Å². The molecular formula is C15H16N2O3. The zero-order valence-corrected chi connectivity index (χ0v) is 11.0. The van der Waals surface area contributed by atoms with Crippen LogP contribution in [0.15, 0.2) is 40.9 Å². The molecule has 3 rings (SSSR count). The smallest absolute Gasteiger partial charge is 0.292 e. The van der Waals surface area contributed by atoms with Crippen molar-refractivity contribution in [2.24, 2.45) is 0 Å². The summed E-state index contributed by atoms with van der Waals surface area (Å²) in [5.74, 6) is 0.0282. The third kappa shape index (κ3) is 2.32. The van der Waals surface area contributed by atoms with Crippen LogP contribution in [0.2, 0.25) is 0 Å². The molecule has 5 heteroatoms. The van der Waals surface area contributed by atoms with Crippen molar-refractivity contribution < 1.29 is 14.4 Å². The molecule has 0 saturated carbocycles. The molecule has 1 fully saturated rings. The molecule has 0 radical (unpaired) electrons. The van der Waals surface area contributed by atoms with Crippen LogP contribution in [0.1, 0.15) is 23.4 Å². The highest BCUT2D eigenvalue weighted by Gasteiger charge is 2.31. The van der Waals surface area contributed by atoms with Gasteiger partial charge in [-0.15, -0.1) is 0 Å². The summed E-state index contributed by atoms with van der Waals surface area (Å²) in [6.07, 6.45) is 1.75. The normalized spacial score (nSPS) is 18.4. The number of likely N-dealkylation sites (tertiary alicyclic amines) is 1. The SMILES string of the molecule is O=C(c1cc(-c2ccccc2)no1)N1CCCC1CO. The first-order chi connectivity index (χ1) is 9.79. The number of aliphatic hydroxyl groups is 1. The maximum Gasteiger partial charge on any atom is 0.292 e. The zero-order valence-electron chi connectivity index (χ0n) is 11.0. The Balaban J connectivity index is 1.82. The molecule has 0 spiro atoms. The lowest BCUT2D eigenvalue weighted by Crippen LogP contribution is -2.37. The summed E-state index contributed by atoms with van der Waals surface area (Å²) in [6.45, 7) is 0.650. The number of aliphatic hydroxyl groups excluding tert-OH is 1. The van der Waals surface area contributed by atoms with Gasteiger partial charge in [0.05, 0.1) is 12.6 Å². The molecule has 1 aliphatic rings. The lowest BCUT2D eigenvalue weighted by molar-refractivity contribution is 0.0636. The topological polar surface area (TPSA) is 66.6 Å². The van der Waals surface area contributed by atoms with Crippen LogP contribution in [0.4, 0.5) is 0 Å². The molecule has 0 aliphatic carbocycles. The molecular weight excluding hydrogens is 256 g/mol. The molecule has 1 N–H and O–H groups in total. The lowest BCUT2D eigenvalue weighted by Gasteiger charge is -2.21. The van der Waals surface area contributed by atoms with Gasteiger partial charge in [0.1, 0.15) is 5.69 Å². The largest absolute Gasteiger partial charge is 0.394 e. The predicted octanol–water partition coefficient (Wildman–Crippen LogP) is 1.94. The molecule has 1 amide bonds. The van der Waals surface area contributed by atoms with Crippen LogP contribution in [0.25, 0.3) is 11.3 Å². The van der Waals surface area contributed by atoms with Crippen LogP contribution in [-0.4, -0.2) is 40.3 Å². The summed E-state index contributed by atoms with van der Waals surface area (Å²) >= 11 is 0. The van der Waals surface area contributed by atoms with Gasteiger partial charge in [-0.25, -0.2) is 0 Å². The van der Waals surface area contributed by atoms with Gasteiger partial charge >= 0.3 is 0 Å². The number of carbonyl (C=O) groups excluding carboxylic acids is 1. The van der Waals surface area contributed by atoms with Crippen molar-refractivity contribution in [1.82, 2.24) is 10.1 Å². The van der Waals surface area contributed by atoms with Crippen LogP contribution >= 0.6 is 0 Å². The van der Waals surface area contributed by atoms with E-state index in [0.717, 1.165) is 18.4 Å². The van der Waals surface area contributed by atoms with E-state index < -0.39 is 0 Å². The zero-order chi connectivity index (χ0) is 13.9. The van der Waals surface area contributed by atoms with Gasteiger partial charge in [-0.3, -0.25) is 4.79 Å². The van der Waals surface area contributed by atoms with Gasteiger partial charge in [0.2, 0.25) is 5.76 Å². The monoisotopic (exact) mass is 272 g/mol. The molecule has 20 heavy (non-hydrogen) atoms. The van der Waals surface area contributed by atoms with Crippen LogP contribution in [0.3, 0.4) is 0 Å². The number of carbonyl (C=O) groups is 1. The molecule has 104 valence electrons. The number of benzene rings is 1. The lowest BCUT2D eigenvalue weighted by atomic mass is 10.1. The Morgan fingerprint density at radius 3 is 2.95 bits per heavy atom. The van der Waals surface area contributed by atoms with Gasteiger partial charge in [0.25, 0.3) is 5.91 Å². The van der Waals surface area contributed by atoms with Crippen molar-refractivity contribution in [3.63, 3.8) is 0 Å². The minimum Gasteiger partial charge on any atom is -0.394 e. The Kier molecular flexibility index (Phi) is 3.52. The minimum absolute atomic E-state index is 0.00851. The van der Waals surface area contributed by atoms with E-state index in [1.807, 2.05) is 30.3 Å². The second-order valence-electron chi connectivity index (χ2n) is 4.92. The highest BCUT2D eigenvalue weighted by molar-refractivity contribution is 5.92. The van der Waals surface area contributed by atoms with E-state index in [0.29, 0.717) is 12.2 Å². The number of amides is 1. The minimum atomic E-state index is -0.198. The quantitative estimate of drug-likeness (QED) is 0.927. The first-order valence-corrected chi connectivity index (χ1v) is 6.73. The Morgan fingerprint density at radius 1 is 1.40 bits per heavy atom. The number of aromatic nitrogens is 1. The standard InChI is InChI=1S/C15H16N2O3/c18-10-12-7-4-8-17(12)15(19)14-9-13(16-20-14)11-5-2-1-3-6-11/h1-3,5-6,9,12,18H,4,7-8,10H2. The van der Waals surface area contributed by atoms with Crippen molar-refractivity contribution in [3.05, 3.63) is 42.2 Å². The highest BCUT2D eigenvalue weighted by atomic mass is 16.5. The fourth-order valence-corrected chi connectivity index (χ4v) is 2.56. The van der Waals surface area contributed by atoms with E-state index in [-0.39, 0.29) is 24.3 Å². The third-order valence-corrected chi connectivity index (χ3v) is 3.64. The van der Waals surface area contributed by atoms with Crippen LogP contribution in [0, 0.1) is 0 Å². The summed E-state index contributed by atoms with van der Waals surface area (Å²) in [5, 5.41) is 13.2. The fraction of sp³-hybridized carbons (Fsp3) is 0.333. The van der Waals surface area contributed by atoms with Gasteiger partial charge < -0.3 is 14.5 Å². The van der Waals surface area contributed by atoms with Crippen molar-refractivity contribution >= 4 is 5.91 Å². The summed E-state index contributed by atoms with van der Waals surface area (Å²) in [7, 11) is 0. The van der Waals surface area contributed by atoms with Gasteiger partial charge in [-0.1, -0.05) is 35.5 Å². The summed E-state index contributed by atoms with van der Waals surface area (Å²) < 4.78 is 5.16. The molecule has 1 aromatic carbocycles. The van der Waals surface area contributed by atoms with E-state index >= 15 is 0 Å². The van der Waals surface area contributed by atoms with Crippen molar-refractivity contribution in [2.45, 2.75) is 18.9 Å². The Hall–Kier alpha value is -2.14. The van der Waals surface area contributed by atoms with E-state index in [1.165, 1.54) is 0 Å². The van der Waals surface area contributed by atoms with Crippen LogP contribution < -0.4 is 0 Å². The number of hydrogen-bond acceptors (Lipinski definition) is 4. The Bertz CT molecular complexity index is 594. The molecule has 5 nitrogen and oxygen atoms in total. The fourth-order valence-electron chi connectivity index (χ4n) is 2.56. The Morgan fingerprint density at radius 2 is 2.20 bits per heavy atom. The van der Waals surface area contributed by atoms with Gasteiger partial charge in [0.15, 0.2) is 0 Å². The number of hydrogen-bond donors (Lipinski definition) is 1. The Labute approximate surface area is 116 Å². The summed E-state index contributed by atoms with van der Waals surface area (Å²) in [6, 6.07) is 11.1. The predicted molar refractivity (Wildman–Crippen MR) is 73.1 cm³/mol. The second kappa shape index (κ2) is 5.46. The van der Waals surface area contributed by atoms with Gasteiger partial charge in [-0.05, 0) is 12.8 Å². The highest BCUT2D eigenvalue weighted by Crippen LogP contribution is 2.23. The number of nitrogens with zero attached hydrogens (tertiary/aromatic N) is 2. The van der Waals surface area contributed by atoms with E-state index in [4.69, 9.17) is 4.52 Å². The van der Waals surface area contributed by atoms with Crippen LogP contribution in [0.5, 0.6) is 0 Å². The summed E-state index contributed by atoms with van der Waals surface area (Å²) in [5.41, 5.74) is 1.56. The molecule has 1 aliphatic heterocycles. The van der Waals surface area contributed by atoms with E-state index in [2.05, 4.69) is 5.16 Å². The molecule has 1 atom stereocenters. The first kappa shape index (κ1) is 12.9. The van der Waals surface area contributed by atoms with Crippen molar-refractivity contribution in [2.75, 3.05) is 13.2 Å². The van der Waals surface area contributed by atoms with Crippen LogP contribution in [-0.2, 0) is 0 Å². The molecule has 1 saturated heterocycles. The van der Waals surface area contributed by atoms with Crippen molar-refractivity contribution in [3.8, 4) is 11.3 Å². The second-order valence-corrected chi connectivity index (χ2v) is 4.92. The third-order valence-electron chi connectivity index (χ3n) is 3.64. The maximum absolute atomic E-state index is 12.3. The van der Waals surface area contributed by atoms with E-state index in [9.17, 15) is 9.90 Å². The maximum atomic E-state index is 12.3. The molecule has 2 aromatic rings. The number of rotatable bonds is 3. The molecule has 2 heterocycles. The average Bonchev–Trinajstić information content (AvgIpc) is 3.16. The summed E-state index contributed by atoms with van der Waals surface area (Å²) in [4.78, 5) is 14.0. The van der Waals surface area contributed by atoms with E-state index in [1.54, 1.807) is 11.0 Å².